The number of carbonyl (C=O) groups is 4. The molecule has 0 heterocycles. The summed E-state index contributed by atoms with van der Waals surface area (Å²) in [7, 11) is 2.68. The first kappa shape index (κ1) is 22.6. The Morgan fingerprint density at radius 2 is 1.50 bits per heavy atom. The molecule has 0 atom stereocenters. The van der Waals surface area contributed by atoms with Crippen LogP contribution in [-0.4, -0.2) is 48.5 Å². The van der Waals surface area contributed by atoms with Crippen LogP contribution in [-0.2, 0) is 9.59 Å². The molecule has 0 aliphatic carbocycles. The number of unbranched alkanes of at least 4 members (excludes halogenated alkanes) is 2. The van der Waals surface area contributed by atoms with Crippen LogP contribution in [0.4, 0.5) is 9.59 Å². The molecule has 0 unspecified atom stereocenters. The van der Waals surface area contributed by atoms with Gasteiger partial charge in [0.15, 0.2) is 0 Å². The van der Waals surface area contributed by atoms with Crippen molar-refractivity contribution in [3.63, 3.8) is 0 Å². The van der Waals surface area contributed by atoms with Gasteiger partial charge < -0.3 is 10.6 Å². The summed E-state index contributed by atoms with van der Waals surface area (Å²) in [6.45, 7) is 4.64. The van der Waals surface area contributed by atoms with Gasteiger partial charge in [-0.3, -0.25) is 20.2 Å². The number of amides is 6. The van der Waals surface area contributed by atoms with Crippen molar-refractivity contribution >= 4 is 45.5 Å². The molecule has 0 saturated heterocycles. The molecule has 0 rings (SSSR count). The van der Waals surface area contributed by atoms with E-state index >= 15 is 0 Å². The lowest BCUT2D eigenvalue weighted by molar-refractivity contribution is -0.120. The summed E-state index contributed by atoms with van der Waals surface area (Å²) in [6, 6.07) is -1.01. The van der Waals surface area contributed by atoms with Crippen molar-refractivity contribution in [2.75, 3.05) is 24.6 Å². The largest absolute Gasteiger partial charge is 0.338 e. The topological polar surface area (TPSA) is 116 Å². The van der Waals surface area contributed by atoms with E-state index in [0.29, 0.717) is 25.3 Å². The predicted molar refractivity (Wildman–Crippen MR) is 97.8 cm³/mol. The minimum absolute atomic E-state index is 0.143. The molecule has 0 fully saturated rings. The lowest BCUT2D eigenvalue weighted by Crippen LogP contribution is -2.40. The fourth-order valence-corrected chi connectivity index (χ4v) is 3.24. The van der Waals surface area contributed by atoms with Gasteiger partial charge in [0, 0.05) is 25.3 Å². The number of carbonyl (C=O) groups excluding carboxylic acids is 4. The Kier molecular flexibility index (Phi) is 14.2. The van der Waals surface area contributed by atoms with Gasteiger partial charge >= 0.3 is 12.1 Å². The fraction of sp³-hybridized carbons (Fsp3) is 0.714. The van der Waals surface area contributed by atoms with Crippen molar-refractivity contribution in [3.05, 3.63) is 0 Å². The van der Waals surface area contributed by atoms with E-state index in [1.165, 1.54) is 21.6 Å². The van der Waals surface area contributed by atoms with Crippen molar-refractivity contribution in [2.24, 2.45) is 0 Å². The smallest absolute Gasteiger partial charge is 0.321 e. The Balaban J connectivity index is 3.55. The van der Waals surface area contributed by atoms with Crippen molar-refractivity contribution < 1.29 is 19.2 Å². The quantitative estimate of drug-likeness (QED) is 0.321. The second-order valence-corrected chi connectivity index (χ2v) is 7.34. The number of hydrogen-bond acceptors (Lipinski definition) is 6. The van der Waals surface area contributed by atoms with Crippen LogP contribution < -0.4 is 21.3 Å². The van der Waals surface area contributed by atoms with Crippen LogP contribution in [0.25, 0.3) is 0 Å². The van der Waals surface area contributed by atoms with Gasteiger partial charge in [-0.1, -0.05) is 41.4 Å². The highest BCUT2D eigenvalue weighted by molar-refractivity contribution is 8.76. The Bertz CT molecular complexity index is 422. The van der Waals surface area contributed by atoms with Crippen molar-refractivity contribution in [2.45, 2.75) is 39.5 Å². The van der Waals surface area contributed by atoms with Crippen molar-refractivity contribution in [1.29, 1.82) is 0 Å². The summed E-state index contributed by atoms with van der Waals surface area (Å²) in [6.07, 6.45) is 3.12. The second-order valence-electron chi connectivity index (χ2n) is 4.75. The van der Waals surface area contributed by atoms with Crippen LogP contribution in [0.5, 0.6) is 0 Å². The third-order valence-corrected chi connectivity index (χ3v) is 4.87. The van der Waals surface area contributed by atoms with E-state index in [-0.39, 0.29) is 17.6 Å². The van der Waals surface area contributed by atoms with Gasteiger partial charge in [-0.05, 0) is 13.3 Å². The molecule has 0 aromatic carbocycles. The molecular weight excluding hydrogens is 352 g/mol. The van der Waals surface area contributed by atoms with Crippen molar-refractivity contribution in [1.82, 2.24) is 21.3 Å². The first-order valence-corrected chi connectivity index (χ1v) is 10.4. The Morgan fingerprint density at radius 3 is 2.17 bits per heavy atom. The number of urea groups is 2. The molecule has 8 nitrogen and oxygen atoms in total. The van der Waals surface area contributed by atoms with E-state index in [4.69, 9.17) is 0 Å². The number of rotatable bonds is 11. The third kappa shape index (κ3) is 14.2. The summed E-state index contributed by atoms with van der Waals surface area (Å²) < 4.78 is 0. The molecule has 6 amide bonds. The van der Waals surface area contributed by atoms with Crippen LogP contribution in [0.1, 0.15) is 39.5 Å². The van der Waals surface area contributed by atoms with Gasteiger partial charge in [-0.25, -0.2) is 9.59 Å². The fourth-order valence-electron chi connectivity index (χ4n) is 1.50. The minimum Gasteiger partial charge on any atom is -0.338 e. The SMILES string of the molecule is CCCCCC(=O)NC(=O)NCCSSCC(=O)NC(=O)NCC. The molecule has 0 aliphatic rings. The zero-order valence-corrected chi connectivity index (χ0v) is 15.7. The van der Waals surface area contributed by atoms with Gasteiger partial charge in [-0.15, -0.1) is 0 Å². The molecule has 0 bridgehead atoms. The summed E-state index contributed by atoms with van der Waals surface area (Å²) in [4.78, 5) is 45.3. The van der Waals surface area contributed by atoms with E-state index in [1.807, 2.05) is 6.92 Å². The maximum Gasteiger partial charge on any atom is 0.321 e. The summed E-state index contributed by atoms with van der Waals surface area (Å²) in [5, 5.41) is 9.49. The molecular formula is C14H26N4O4S2. The van der Waals surface area contributed by atoms with Crippen LogP contribution >= 0.6 is 21.6 Å². The molecule has 24 heavy (non-hydrogen) atoms. The van der Waals surface area contributed by atoms with Gasteiger partial charge in [0.1, 0.15) is 0 Å². The first-order chi connectivity index (χ1) is 11.5. The first-order valence-electron chi connectivity index (χ1n) is 7.89. The van der Waals surface area contributed by atoms with Crippen molar-refractivity contribution in [3.8, 4) is 0 Å². The number of hydrogen-bond donors (Lipinski definition) is 4. The van der Waals surface area contributed by atoms with Crippen LogP contribution in [0, 0.1) is 0 Å². The van der Waals surface area contributed by atoms with Gasteiger partial charge in [0.05, 0.1) is 5.75 Å². The standard InChI is InChI=1S/C14H26N4O4S2/c1-3-5-6-7-11(19)17-14(22)16-8-9-23-24-10-12(20)18-13(21)15-4-2/h3-10H2,1-2H3,(H2,15,18,20,21)(H2,16,17,19,22). The average molecular weight is 379 g/mol. The Labute approximate surface area is 150 Å². The molecule has 0 radical (unpaired) electrons. The Morgan fingerprint density at radius 1 is 0.833 bits per heavy atom. The second kappa shape index (κ2) is 15.1. The zero-order chi connectivity index (χ0) is 18.2. The van der Waals surface area contributed by atoms with Crippen LogP contribution in [0.3, 0.4) is 0 Å². The highest BCUT2D eigenvalue weighted by atomic mass is 33.1. The summed E-state index contributed by atoms with van der Waals surface area (Å²) >= 11 is 0. The van der Waals surface area contributed by atoms with Gasteiger partial charge in [-0.2, -0.15) is 0 Å². The van der Waals surface area contributed by atoms with Gasteiger partial charge in [0.2, 0.25) is 11.8 Å². The summed E-state index contributed by atoms with van der Waals surface area (Å²) in [5.74, 6) is 0.0762. The third-order valence-electron chi connectivity index (χ3n) is 2.59. The van der Waals surface area contributed by atoms with Crippen LogP contribution in [0.15, 0.2) is 0 Å². The maximum absolute atomic E-state index is 11.4. The minimum atomic E-state index is -0.505. The number of nitrogens with one attached hydrogen (secondary N) is 4. The molecule has 0 spiro atoms. The molecule has 0 saturated carbocycles. The molecule has 0 aromatic rings. The van der Waals surface area contributed by atoms with E-state index in [0.717, 1.165) is 19.3 Å². The lowest BCUT2D eigenvalue weighted by atomic mass is 10.2. The lowest BCUT2D eigenvalue weighted by Gasteiger charge is -2.06. The Hall–Kier alpha value is -1.42. The molecule has 0 aromatic heterocycles. The zero-order valence-electron chi connectivity index (χ0n) is 14.1. The number of imide groups is 2. The summed E-state index contributed by atoms with van der Waals surface area (Å²) in [5.41, 5.74) is 0. The highest BCUT2D eigenvalue weighted by Gasteiger charge is 2.08. The average Bonchev–Trinajstić information content (AvgIpc) is 2.51. The van der Waals surface area contributed by atoms with E-state index < -0.39 is 12.1 Å². The van der Waals surface area contributed by atoms with Crippen LogP contribution in [0.2, 0.25) is 0 Å². The van der Waals surface area contributed by atoms with E-state index in [1.54, 1.807) is 6.92 Å². The van der Waals surface area contributed by atoms with E-state index in [2.05, 4.69) is 21.3 Å². The molecule has 138 valence electrons. The monoisotopic (exact) mass is 378 g/mol. The normalized spacial score (nSPS) is 9.92. The molecule has 0 aliphatic heterocycles. The highest BCUT2D eigenvalue weighted by Crippen LogP contribution is 2.19. The van der Waals surface area contributed by atoms with E-state index in [9.17, 15) is 19.2 Å². The predicted octanol–water partition coefficient (Wildman–Crippen LogP) is 1.62. The van der Waals surface area contributed by atoms with Gasteiger partial charge in [0.25, 0.3) is 0 Å². The maximum atomic E-state index is 11.4. The molecule has 10 heteroatoms. The molecule has 4 N–H and O–H groups in total.